The fourth-order valence-corrected chi connectivity index (χ4v) is 2.49. The topological polar surface area (TPSA) is 86.7 Å². The Morgan fingerprint density at radius 2 is 0.808 bits per heavy atom. The molecule has 0 aliphatic rings. The quantitative estimate of drug-likeness (QED) is 0.192. The van der Waals surface area contributed by atoms with E-state index in [-0.39, 0.29) is 12.8 Å². The van der Waals surface area contributed by atoms with E-state index in [0.717, 1.165) is 51.4 Å². The number of ether oxygens (including phenoxy) is 2. The molecule has 0 fully saturated rings. The van der Waals surface area contributed by atoms with Gasteiger partial charge in [-0.2, -0.15) is 0 Å². The second-order valence-electron chi connectivity index (χ2n) is 6.56. The van der Waals surface area contributed by atoms with Crippen molar-refractivity contribution in [3.05, 3.63) is 0 Å². The second kappa shape index (κ2) is 16.7. The molecule has 0 amide bonds. The molecule has 0 bridgehead atoms. The van der Waals surface area contributed by atoms with Gasteiger partial charge < -0.3 is 9.47 Å². The number of hydrogen-bond donors (Lipinski definition) is 0. The molecular formula is C20H34O6. The van der Waals surface area contributed by atoms with Crippen molar-refractivity contribution in [2.75, 3.05) is 0 Å². The molecular weight excluding hydrogens is 336 g/mol. The maximum absolute atomic E-state index is 11.5. The summed E-state index contributed by atoms with van der Waals surface area (Å²) in [4.78, 5) is 45.9. The summed E-state index contributed by atoms with van der Waals surface area (Å²) in [5, 5.41) is 0. The zero-order valence-electron chi connectivity index (χ0n) is 16.3. The van der Waals surface area contributed by atoms with E-state index in [2.05, 4.69) is 23.3 Å². The molecule has 26 heavy (non-hydrogen) atoms. The van der Waals surface area contributed by atoms with Gasteiger partial charge in [-0.1, -0.05) is 78.1 Å². The lowest BCUT2D eigenvalue weighted by Gasteiger charge is -2.04. The summed E-state index contributed by atoms with van der Waals surface area (Å²) in [5.41, 5.74) is 0. The van der Waals surface area contributed by atoms with Gasteiger partial charge in [0.2, 0.25) is 0 Å². The Labute approximate surface area is 157 Å². The lowest BCUT2D eigenvalue weighted by molar-refractivity contribution is -0.177. The summed E-state index contributed by atoms with van der Waals surface area (Å²) in [6.07, 6.45) is 12.1. The van der Waals surface area contributed by atoms with Crippen LogP contribution in [0.2, 0.25) is 0 Å². The second-order valence-corrected chi connectivity index (χ2v) is 6.56. The lowest BCUT2D eigenvalue weighted by atomic mass is 10.1. The van der Waals surface area contributed by atoms with E-state index in [4.69, 9.17) is 0 Å². The third-order valence-electron chi connectivity index (χ3n) is 4.05. The number of esters is 4. The molecule has 0 aliphatic carbocycles. The Kier molecular flexibility index (Phi) is 15.6. The van der Waals surface area contributed by atoms with E-state index in [0.29, 0.717) is 12.8 Å². The van der Waals surface area contributed by atoms with E-state index in [1.165, 1.54) is 12.8 Å². The number of hydrogen-bond acceptors (Lipinski definition) is 6. The van der Waals surface area contributed by atoms with Crippen molar-refractivity contribution < 1.29 is 28.7 Å². The fourth-order valence-electron chi connectivity index (χ4n) is 2.49. The number of carbonyl (C=O) groups excluding carboxylic acids is 4. The van der Waals surface area contributed by atoms with Gasteiger partial charge in [0, 0.05) is 12.8 Å². The SMILES string of the molecule is CCCCCCCCC(=O)OC(=O)C(=O)OC(=O)CCCCCCCC. The van der Waals surface area contributed by atoms with Crippen LogP contribution in [0.25, 0.3) is 0 Å². The van der Waals surface area contributed by atoms with Gasteiger partial charge in [-0.05, 0) is 12.8 Å². The summed E-state index contributed by atoms with van der Waals surface area (Å²) >= 11 is 0. The predicted octanol–water partition coefficient (Wildman–Crippen LogP) is 4.63. The maximum Gasteiger partial charge on any atom is 0.425 e. The van der Waals surface area contributed by atoms with Crippen molar-refractivity contribution >= 4 is 23.9 Å². The van der Waals surface area contributed by atoms with Gasteiger partial charge in [-0.3, -0.25) is 9.59 Å². The Morgan fingerprint density at radius 1 is 0.500 bits per heavy atom. The Balaban J connectivity index is 3.78. The van der Waals surface area contributed by atoms with E-state index in [1.807, 2.05) is 0 Å². The van der Waals surface area contributed by atoms with Gasteiger partial charge in [-0.15, -0.1) is 0 Å². The molecule has 0 atom stereocenters. The normalized spacial score (nSPS) is 10.4. The van der Waals surface area contributed by atoms with E-state index in [9.17, 15) is 19.2 Å². The minimum Gasteiger partial charge on any atom is -0.384 e. The van der Waals surface area contributed by atoms with Crippen molar-refractivity contribution in [1.29, 1.82) is 0 Å². The molecule has 150 valence electrons. The Hall–Kier alpha value is -1.72. The minimum absolute atomic E-state index is 0.0802. The van der Waals surface area contributed by atoms with Crippen molar-refractivity contribution in [3.63, 3.8) is 0 Å². The molecule has 0 saturated carbocycles. The van der Waals surface area contributed by atoms with Crippen LogP contribution in [0.1, 0.15) is 104 Å². The van der Waals surface area contributed by atoms with Crippen LogP contribution in [0.5, 0.6) is 0 Å². The smallest absolute Gasteiger partial charge is 0.384 e. The van der Waals surface area contributed by atoms with Crippen LogP contribution in [0.3, 0.4) is 0 Å². The lowest BCUT2D eigenvalue weighted by Crippen LogP contribution is -2.25. The summed E-state index contributed by atoms with van der Waals surface area (Å²) in [6.45, 7) is 4.25. The molecule has 0 N–H and O–H groups in total. The van der Waals surface area contributed by atoms with Crippen molar-refractivity contribution in [2.24, 2.45) is 0 Å². The van der Waals surface area contributed by atoms with E-state index >= 15 is 0 Å². The average molecular weight is 370 g/mol. The Bertz CT molecular complexity index is 390. The van der Waals surface area contributed by atoms with Crippen molar-refractivity contribution in [1.82, 2.24) is 0 Å². The first-order valence-electron chi connectivity index (χ1n) is 10.0. The highest BCUT2D eigenvalue weighted by Gasteiger charge is 2.23. The molecule has 0 radical (unpaired) electrons. The standard InChI is InChI=1S/C20H34O6/c1-3-5-7-9-11-13-15-17(21)25-19(23)20(24)26-18(22)16-14-12-10-8-6-4-2/h3-16H2,1-2H3. The molecule has 0 heterocycles. The van der Waals surface area contributed by atoms with Crippen LogP contribution in [0.15, 0.2) is 0 Å². The predicted molar refractivity (Wildman–Crippen MR) is 98.2 cm³/mol. The molecule has 0 aliphatic heterocycles. The summed E-state index contributed by atoms with van der Waals surface area (Å²) in [5.74, 6) is -4.36. The van der Waals surface area contributed by atoms with Crippen molar-refractivity contribution in [2.45, 2.75) is 104 Å². The Morgan fingerprint density at radius 3 is 1.15 bits per heavy atom. The molecule has 0 aromatic carbocycles. The van der Waals surface area contributed by atoms with Gasteiger partial charge in [0.15, 0.2) is 0 Å². The molecule has 0 aromatic heterocycles. The van der Waals surface area contributed by atoms with Crippen LogP contribution in [-0.4, -0.2) is 23.9 Å². The molecule has 0 rings (SSSR count). The summed E-state index contributed by atoms with van der Waals surface area (Å²) < 4.78 is 8.81. The van der Waals surface area contributed by atoms with Gasteiger partial charge in [0.25, 0.3) is 0 Å². The fraction of sp³-hybridized carbons (Fsp3) is 0.800. The van der Waals surface area contributed by atoms with Crippen LogP contribution < -0.4 is 0 Å². The van der Waals surface area contributed by atoms with Gasteiger partial charge >= 0.3 is 23.9 Å². The number of unbranched alkanes of at least 4 members (excludes halogenated alkanes) is 10. The molecule has 0 unspecified atom stereocenters. The summed E-state index contributed by atoms with van der Waals surface area (Å²) in [7, 11) is 0. The van der Waals surface area contributed by atoms with E-state index < -0.39 is 23.9 Å². The average Bonchev–Trinajstić information content (AvgIpc) is 2.60. The van der Waals surface area contributed by atoms with Crippen LogP contribution in [-0.2, 0) is 28.7 Å². The summed E-state index contributed by atoms with van der Waals surface area (Å²) in [6, 6.07) is 0. The first-order valence-corrected chi connectivity index (χ1v) is 10.0. The minimum atomic E-state index is -1.42. The van der Waals surface area contributed by atoms with Crippen molar-refractivity contribution in [3.8, 4) is 0 Å². The molecule has 0 aromatic rings. The van der Waals surface area contributed by atoms with Gasteiger partial charge in [0.05, 0.1) is 0 Å². The number of rotatable bonds is 14. The van der Waals surface area contributed by atoms with Crippen LogP contribution in [0, 0.1) is 0 Å². The van der Waals surface area contributed by atoms with Gasteiger partial charge in [0.1, 0.15) is 0 Å². The highest BCUT2D eigenvalue weighted by molar-refractivity contribution is 6.33. The first-order chi connectivity index (χ1) is 12.5. The van der Waals surface area contributed by atoms with Crippen LogP contribution >= 0.6 is 0 Å². The first kappa shape index (κ1) is 24.3. The molecule has 6 heteroatoms. The molecule has 0 saturated heterocycles. The third kappa shape index (κ3) is 14.6. The van der Waals surface area contributed by atoms with Crippen LogP contribution in [0.4, 0.5) is 0 Å². The van der Waals surface area contributed by atoms with Gasteiger partial charge in [-0.25, -0.2) is 9.59 Å². The number of carbonyl (C=O) groups is 4. The maximum atomic E-state index is 11.5. The largest absolute Gasteiger partial charge is 0.425 e. The van der Waals surface area contributed by atoms with E-state index in [1.54, 1.807) is 0 Å². The monoisotopic (exact) mass is 370 g/mol. The highest BCUT2D eigenvalue weighted by Crippen LogP contribution is 2.09. The zero-order chi connectivity index (χ0) is 19.6. The zero-order valence-corrected chi connectivity index (χ0v) is 16.3. The highest BCUT2D eigenvalue weighted by atomic mass is 16.6. The molecule has 0 spiro atoms. The third-order valence-corrected chi connectivity index (χ3v) is 4.05. The molecule has 6 nitrogen and oxygen atoms in total.